The SMILES string of the molecule is CC(C)(C)c1cc2c(cc1C(C)(C)C)[CH]([Zr+2][C]1=CC=CC1=C(c1cccc(C(F)(F)F)c1)c1cccc3ccccc13)c1cc(C(C)(C)C)c(C(C)(C)C)cc1-2.[Cl-].[Cl-]. The molecule has 0 N–H and O–H groups in total. The molecule has 0 fully saturated rings. The molecule has 0 aromatic heterocycles. The van der Waals surface area contributed by atoms with E-state index in [1.54, 1.807) is 6.07 Å². The van der Waals surface area contributed by atoms with Crippen LogP contribution >= 0.6 is 0 Å². The van der Waals surface area contributed by atoms with Gasteiger partial charge in [-0.2, -0.15) is 0 Å². The van der Waals surface area contributed by atoms with Gasteiger partial charge in [0.25, 0.3) is 0 Å². The number of rotatable bonds is 4. The van der Waals surface area contributed by atoms with Gasteiger partial charge in [-0.25, -0.2) is 0 Å². The van der Waals surface area contributed by atoms with Crippen molar-refractivity contribution in [3.63, 3.8) is 0 Å². The molecule has 0 heterocycles. The van der Waals surface area contributed by atoms with Crippen molar-refractivity contribution in [3.05, 3.63) is 168 Å². The molecule has 6 heteroatoms. The molecule has 0 atom stereocenters. The molecule has 302 valence electrons. The third kappa shape index (κ3) is 8.69. The topological polar surface area (TPSA) is 0 Å². The second kappa shape index (κ2) is 16.0. The van der Waals surface area contributed by atoms with Crippen LogP contribution in [-0.2, 0) is 51.1 Å². The Morgan fingerprint density at radius 3 is 1.55 bits per heavy atom. The first-order valence-corrected chi connectivity index (χ1v) is 22.5. The maximum atomic E-state index is 14.3. The predicted molar refractivity (Wildman–Crippen MR) is 227 cm³/mol. The van der Waals surface area contributed by atoms with Crippen molar-refractivity contribution in [3.8, 4) is 11.1 Å². The van der Waals surface area contributed by atoms with Gasteiger partial charge in [0.1, 0.15) is 0 Å². The normalized spacial score (nSPS) is 15.3. The molecule has 0 nitrogen and oxygen atoms in total. The van der Waals surface area contributed by atoms with Crippen LogP contribution in [0.4, 0.5) is 13.2 Å². The van der Waals surface area contributed by atoms with Crippen LogP contribution in [0.3, 0.4) is 0 Å². The van der Waals surface area contributed by atoms with Gasteiger partial charge in [-0.15, -0.1) is 0 Å². The summed E-state index contributed by atoms with van der Waals surface area (Å²) in [6, 6.07) is 30.4. The van der Waals surface area contributed by atoms with Crippen LogP contribution in [0.1, 0.15) is 137 Å². The molecule has 0 spiro atoms. The van der Waals surface area contributed by atoms with E-state index in [4.69, 9.17) is 0 Å². The van der Waals surface area contributed by atoms with E-state index < -0.39 is 35.0 Å². The van der Waals surface area contributed by atoms with E-state index in [0.717, 1.165) is 27.5 Å². The van der Waals surface area contributed by atoms with E-state index >= 15 is 0 Å². The molecule has 0 aliphatic heterocycles. The number of benzene rings is 5. The number of hydrogen-bond acceptors (Lipinski definition) is 0. The summed E-state index contributed by atoms with van der Waals surface area (Å²) in [7, 11) is 0. The van der Waals surface area contributed by atoms with E-state index in [0.29, 0.717) is 5.56 Å². The minimum absolute atomic E-state index is 0. The van der Waals surface area contributed by atoms with Gasteiger partial charge in [-0.05, 0) is 0 Å². The van der Waals surface area contributed by atoms with Crippen molar-refractivity contribution < 1.29 is 61.2 Å². The zero-order valence-electron chi connectivity index (χ0n) is 35.9. The molecule has 0 bridgehead atoms. The molecule has 0 amide bonds. The van der Waals surface area contributed by atoms with Gasteiger partial charge < -0.3 is 24.8 Å². The van der Waals surface area contributed by atoms with Gasteiger partial charge in [0, 0.05) is 0 Å². The smallest absolute Gasteiger partial charge is 1.00 e. The van der Waals surface area contributed by atoms with E-state index in [-0.39, 0.29) is 50.1 Å². The maximum Gasteiger partial charge on any atom is -1.00 e. The van der Waals surface area contributed by atoms with E-state index in [9.17, 15) is 13.2 Å². The Bertz CT molecular complexity index is 2380. The van der Waals surface area contributed by atoms with Crippen LogP contribution in [-0.4, -0.2) is 0 Å². The van der Waals surface area contributed by atoms with E-state index in [2.05, 4.69) is 150 Å². The van der Waals surface area contributed by atoms with E-state index in [1.807, 2.05) is 24.3 Å². The number of fused-ring (bicyclic) bond motifs is 4. The van der Waals surface area contributed by atoms with Gasteiger partial charge in [0.15, 0.2) is 0 Å². The van der Waals surface area contributed by atoms with Gasteiger partial charge in [-0.3, -0.25) is 0 Å². The van der Waals surface area contributed by atoms with Gasteiger partial charge in [0.2, 0.25) is 0 Å². The van der Waals surface area contributed by atoms with Crippen LogP contribution in [0.15, 0.2) is 118 Å². The Labute approximate surface area is 368 Å². The summed E-state index contributed by atoms with van der Waals surface area (Å²) >= 11 is -1.55. The zero-order chi connectivity index (χ0) is 40.7. The Kier molecular flexibility index (Phi) is 12.7. The standard InChI is InChI=1S/C29H41.C23H14F3.2ClH.Zr/c1-26(2,3)22-14-18-13-19-15-23(27(4,5)6)25(29(10,11)12)17-21(19)20(18)16-24(22)28(7,8)9;24-23(25,26)19-12-5-11-18(15-19)22(17-8-1-2-9-17)21-14-6-10-16-7-3-4-13-20(16)21;;;/h13-17H,1-12H3;1-8,10-15H;2*1H;/q;;;;+2/p-2. The monoisotopic (exact) mass is 896 g/mol. The first-order valence-electron chi connectivity index (χ1n) is 19.9. The first kappa shape index (κ1) is 45.9. The molecule has 5 aromatic rings. The maximum absolute atomic E-state index is 14.3. The Hall–Kier alpha value is -3.17. The average molecular weight is 899 g/mol. The second-order valence-electron chi connectivity index (χ2n) is 19.9. The number of halogens is 5. The Balaban J connectivity index is 0.00000320. The van der Waals surface area contributed by atoms with Crippen LogP contribution in [0.5, 0.6) is 0 Å². The number of allylic oxidation sites excluding steroid dienone is 5. The van der Waals surface area contributed by atoms with Crippen molar-refractivity contribution in [2.75, 3.05) is 0 Å². The molecule has 0 radical (unpaired) electrons. The summed E-state index contributed by atoms with van der Waals surface area (Å²) in [6.45, 7) is 27.9. The van der Waals surface area contributed by atoms with Crippen molar-refractivity contribution in [1.29, 1.82) is 0 Å². The van der Waals surface area contributed by atoms with E-state index in [1.165, 1.54) is 59.9 Å². The quantitative estimate of drug-likeness (QED) is 0.169. The summed E-state index contributed by atoms with van der Waals surface area (Å²) < 4.78 is 44.4. The average Bonchev–Trinajstić information content (AvgIpc) is 3.67. The van der Waals surface area contributed by atoms with Crippen LogP contribution in [0.25, 0.3) is 27.5 Å². The Morgan fingerprint density at radius 1 is 0.552 bits per heavy atom. The first-order chi connectivity index (χ1) is 25.9. The zero-order valence-corrected chi connectivity index (χ0v) is 39.8. The fourth-order valence-corrected chi connectivity index (χ4v) is 12.7. The molecule has 5 aromatic carbocycles. The molecule has 7 rings (SSSR count). The molecule has 0 saturated carbocycles. The van der Waals surface area contributed by atoms with Crippen LogP contribution in [0.2, 0.25) is 0 Å². The molecule has 2 aliphatic rings. The van der Waals surface area contributed by atoms with Gasteiger partial charge in [-0.1, -0.05) is 0 Å². The minimum Gasteiger partial charge on any atom is -1.00 e. The fourth-order valence-electron chi connectivity index (χ4n) is 8.65. The Morgan fingerprint density at radius 2 is 1.03 bits per heavy atom. The van der Waals surface area contributed by atoms with Crippen LogP contribution < -0.4 is 24.8 Å². The third-order valence-electron chi connectivity index (χ3n) is 11.4. The van der Waals surface area contributed by atoms with Crippen molar-refractivity contribution in [2.24, 2.45) is 0 Å². The molecule has 0 unspecified atom stereocenters. The molecular weight excluding hydrogens is 844 g/mol. The number of alkyl halides is 3. The van der Waals surface area contributed by atoms with Crippen molar-refractivity contribution in [1.82, 2.24) is 0 Å². The molecule has 58 heavy (non-hydrogen) atoms. The largest absolute Gasteiger partial charge is 1.00 e. The minimum atomic E-state index is -4.45. The second-order valence-corrected chi connectivity index (χ2v) is 23.3. The van der Waals surface area contributed by atoms with Gasteiger partial charge in [0.05, 0.1) is 0 Å². The van der Waals surface area contributed by atoms with Crippen molar-refractivity contribution in [2.45, 2.75) is 115 Å². The predicted octanol–water partition coefficient (Wildman–Crippen LogP) is 9.16. The molecule has 2 aliphatic carbocycles. The molecular formula is C52H55Cl2F3Zr. The summed E-state index contributed by atoms with van der Waals surface area (Å²) in [4.78, 5) is 0. The summed E-state index contributed by atoms with van der Waals surface area (Å²) in [5.41, 5.74) is 13.7. The summed E-state index contributed by atoms with van der Waals surface area (Å²) in [5, 5.41) is 2.10. The van der Waals surface area contributed by atoms with Crippen LogP contribution in [0, 0.1) is 0 Å². The molecule has 0 saturated heterocycles. The van der Waals surface area contributed by atoms with Crippen molar-refractivity contribution >= 4 is 16.3 Å². The van der Waals surface area contributed by atoms with Gasteiger partial charge >= 0.3 is 347 Å². The summed E-state index contributed by atoms with van der Waals surface area (Å²) in [6.07, 6.45) is 2.08. The number of hydrogen-bond donors (Lipinski definition) is 0. The fraction of sp³-hybridized carbons (Fsp3) is 0.346. The summed E-state index contributed by atoms with van der Waals surface area (Å²) in [5.74, 6) is 0. The third-order valence-corrected chi connectivity index (χ3v) is 15.5.